The molecule has 1 aliphatic rings. The minimum absolute atomic E-state index is 0.0446. The molecule has 1 heterocycles. The lowest BCUT2D eigenvalue weighted by atomic mass is 9.89. The second kappa shape index (κ2) is 7.61. The highest BCUT2D eigenvalue weighted by Crippen LogP contribution is 2.27. The van der Waals surface area contributed by atoms with E-state index in [2.05, 4.69) is 15.6 Å². The summed E-state index contributed by atoms with van der Waals surface area (Å²) in [4.78, 5) is 27.4. The summed E-state index contributed by atoms with van der Waals surface area (Å²) in [5.74, 6) is -0.368. The van der Waals surface area contributed by atoms with E-state index in [9.17, 15) is 14.7 Å². The van der Waals surface area contributed by atoms with Gasteiger partial charge in [0.05, 0.1) is 6.10 Å². The van der Waals surface area contributed by atoms with Crippen molar-refractivity contribution < 1.29 is 19.4 Å². The maximum Gasteiger partial charge on any atom is 0.271 e. The molecule has 0 aliphatic heterocycles. The molecule has 1 saturated carbocycles. The van der Waals surface area contributed by atoms with Crippen LogP contribution >= 0.6 is 0 Å². The highest BCUT2D eigenvalue weighted by Gasteiger charge is 2.30. The number of aromatic nitrogens is 1. The van der Waals surface area contributed by atoms with Crippen LogP contribution in [0.5, 0.6) is 5.75 Å². The average molecular weight is 357 g/mol. The third-order valence-electron chi connectivity index (χ3n) is 4.50. The Morgan fingerprint density at radius 2 is 1.92 bits per heavy atom. The Bertz CT molecular complexity index is 781. The number of carbonyl (C=O) groups excluding carboxylic acids is 2. The number of aromatic amines is 1. The van der Waals surface area contributed by atoms with E-state index < -0.39 is 0 Å². The molecule has 0 saturated heterocycles. The number of H-pyrrole nitrogens is 1. The molecule has 7 nitrogen and oxygen atoms in total. The first kappa shape index (κ1) is 18.0. The zero-order valence-electron chi connectivity index (χ0n) is 14.8. The van der Waals surface area contributed by atoms with E-state index in [4.69, 9.17) is 4.74 Å². The molecule has 3 rings (SSSR count). The first-order valence-electron chi connectivity index (χ1n) is 8.63. The number of hydrogen-bond acceptors (Lipinski definition) is 4. The van der Waals surface area contributed by atoms with E-state index in [0.29, 0.717) is 18.6 Å². The third kappa shape index (κ3) is 3.88. The summed E-state index contributed by atoms with van der Waals surface area (Å²) in [6.07, 6.45) is 0.454. The van der Waals surface area contributed by atoms with E-state index in [1.54, 1.807) is 0 Å². The van der Waals surface area contributed by atoms with E-state index in [0.717, 1.165) is 5.56 Å². The van der Waals surface area contributed by atoms with Gasteiger partial charge < -0.3 is 25.5 Å². The zero-order chi connectivity index (χ0) is 18.7. The Morgan fingerprint density at radius 1 is 1.23 bits per heavy atom. The summed E-state index contributed by atoms with van der Waals surface area (Å²) in [6, 6.07) is 11.1. The van der Waals surface area contributed by atoms with Crippen LogP contribution in [0.15, 0.2) is 36.4 Å². The Hall–Kier alpha value is -2.80. The fourth-order valence-electron chi connectivity index (χ4n) is 2.90. The van der Waals surface area contributed by atoms with Crippen molar-refractivity contribution in [3.8, 4) is 5.75 Å². The van der Waals surface area contributed by atoms with Crippen LogP contribution in [-0.4, -0.2) is 41.1 Å². The molecular formula is C19H23N3O4. The first-order valence-corrected chi connectivity index (χ1v) is 8.63. The molecule has 0 radical (unpaired) electrons. The number of aliphatic hydroxyl groups is 1. The number of aliphatic hydroxyl groups excluding tert-OH is 1. The van der Waals surface area contributed by atoms with Gasteiger partial charge in [-0.05, 0) is 25.3 Å². The fourth-order valence-corrected chi connectivity index (χ4v) is 2.90. The van der Waals surface area contributed by atoms with Crippen molar-refractivity contribution in [2.75, 3.05) is 7.05 Å². The Kier molecular flexibility index (Phi) is 5.27. The number of rotatable bonds is 6. The summed E-state index contributed by atoms with van der Waals surface area (Å²) >= 11 is 0. The van der Waals surface area contributed by atoms with E-state index in [1.165, 1.54) is 13.1 Å². The average Bonchev–Trinajstić information content (AvgIpc) is 3.04. The summed E-state index contributed by atoms with van der Waals surface area (Å²) < 4.78 is 5.94. The fraction of sp³-hybridized carbons (Fsp3) is 0.368. The maximum absolute atomic E-state index is 12.4. The molecule has 0 spiro atoms. The van der Waals surface area contributed by atoms with Crippen LogP contribution in [-0.2, 0) is 0 Å². The van der Waals surface area contributed by atoms with E-state index >= 15 is 0 Å². The Balaban J connectivity index is 1.78. The zero-order valence-corrected chi connectivity index (χ0v) is 14.8. The molecular weight excluding hydrogens is 334 g/mol. The van der Waals surface area contributed by atoms with Gasteiger partial charge in [-0.3, -0.25) is 9.59 Å². The predicted molar refractivity (Wildman–Crippen MR) is 96.2 cm³/mol. The molecule has 2 amide bonds. The van der Waals surface area contributed by atoms with E-state index in [1.807, 2.05) is 37.3 Å². The first-order chi connectivity index (χ1) is 12.5. The van der Waals surface area contributed by atoms with Gasteiger partial charge in [-0.15, -0.1) is 0 Å². The molecule has 1 aromatic carbocycles. The standard InChI is InChI=1S/C19H23N3O4/c1-11(12-6-4-3-5-7-12)26-16-10-15(22-17(16)19(25)20-2)18(24)21-13-8-14(23)9-13/h3-7,10-11,13-14,22-23H,8-9H2,1-2H3,(H,20,25)(H,21,24). The molecule has 7 heteroatoms. The topological polar surface area (TPSA) is 103 Å². The van der Waals surface area contributed by atoms with Gasteiger partial charge in [-0.1, -0.05) is 30.3 Å². The lowest BCUT2D eigenvalue weighted by molar-refractivity contribution is 0.0560. The number of hydrogen-bond donors (Lipinski definition) is 4. The SMILES string of the molecule is CNC(=O)c1[nH]c(C(=O)NC2CC(O)C2)cc1OC(C)c1ccccc1. The van der Waals surface area contributed by atoms with Gasteiger partial charge in [0.25, 0.3) is 11.8 Å². The monoisotopic (exact) mass is 357 g/mol. The largest absolute Gasteiger partial charge is 0.484 e. The molecule has 1 atom stereocenters. The second-order valence-corrected chi connectivity index (χ2v) is 6.47. The van der Waals surface area contributed by atoms with Crippen LogP contribution in [0.4, 0.5) is 0 Å². The van der Waals surface area contributed by atoms with Crippen molar-refractivity contribution >= 4 is 11.8 Å². The lowest BCUT2D eigenvalue weighted by Gasteiger charge is -2.31. The molecule has 2 aromatic rings. The molecule has 138 valence electrons. The number of nitrogens with one attached hydrogen (secondary N) is 3. The van der Waals surface area contributed by atoms with Crippen molar-refractivity contribution in [1.29, 1.82) is 0 Å². The van der Waals surface area contributed by atoms with Crippen LogP contribution in [0, 0.1) is 0 Å². The van der Waals surface area contributed by atoms with Crippen molar-refractivity contribution in [3.05, 3.63) is 53.3 Å². The Morgan fingerprint density at radius 3 is 2.54 bits per heavy atom. The quantitative estimate of drug-likeness (QED) is 0.632. The maximum atomic E-state index is 12.4. The minimum Gasteiger partial charge on any atom is -0.484 e. The van der Waals surface area contributed by atoms with Crippen molar-refractivity contribution in [1.82, 2.24) is 15.6 Å². The summed E-state index contributed by atoms with van der Waals surface area (Å²) in [5.41, 5.74) is 1.42. The molecule has 1 unspecified atom stereocenters. The molecule has 1 aliphatic carbocycles. The van der Waals surface area contributed by atoms with Gasteiger partial charge >= 0.3 is 0 Å². The van der Waals surface area contributed by atoms with Gasteiger partial charge in [0, 0.05) is 19.2 Å². The van der Waals surface area contributed by atoms with Crippen LogP contribution in [0.3, 0.4) is 0 Å². The normalized spacial score (nSPS) is 20.0. The molecule has 1 fully saturated rings. The number of benzene rings is 1. The van der Waals surface area contributed by atoms with Gasteiger partial charge in [0.2, 0.25) is 0 Å². The van der Waals surface area contributed by atoms with Gasteiger partial charge in [-0.2, -0.15) is 0 Å². The van der Waals surface area contributed by atoms with Gasteiger partial charge in [0.1, 0.15) is 17.5 Å². The third-order valence-corrected chi connectivity index (χ3v) is 4.50. The highest BCUT2D eigenvalue weighted by molar-refractivity contribution is 5.99. The van der Waals surface area contributed by atoms with Gasteiger partial charge in [0.15, 0.2) is 5.75 Å². The minimum atomic E-state index is -0.363. The molecule has 26 heavy (non-hydrogen) atoms. The Labute approximate surface area is 151 Å². The summed E-state index contributed by atoms with van der Waals surface area (Å²) in [5, 5.41) is 14.7. The van der Waals surface area contributed by atoms with Crippen molar-refractivity contribution in [3.63, 3.8) is 0 Å². The summed E-state index contributed by atoms with van der Waals surface area (Å²) in [6.45, 7) is 1.88. The summed E-state index contributed by atoms with van der Waals surface area (Å²) in [7, 11) is 1.52. The second-order valence-electron chi connectivity index (χ2n) is 6.47. The van der Waals surface area contributed by atoms with Crippen LogP contribution in [0.2, 0.25) is 0 Å². The number of carbonyl (C=O) groups is 2. The van der Waals surface area contributed by atoms with Gasteiger partial charge in [-0.25, -0.2) is 0 Å². The number of amides is 2. The van der Waals surface area contributed by atoms with Crippen LogP contribution in [0.25, 0.3) is 0 Å². The van der Waals surface area contributed by atoms with Crippen LogP contribution in [0.1, 0.15) is 52.4 Å². The lowest BCUT2D eigenvalue weighted by Crippen LogP contribution is -2.46. The molecule has 0 bridgehead atoms. The predicted octanol–water partition coefficient (Wildman–Crippen LogP) is 1.77. The smallest absolute Gasteiger partial charge is 0.271 e. The van der Waals surface area contributed by atoms with Crippen molar-refractivity contribution in [2.24, 2.45) is 0 Å². The van der Waals surface area contributed by atoms with Crippen LogP contribution < -0.4 is 15.4 Å². The highest BCUT2D eigenvalue weighted by atomic mass is 16.5. The molecule has 4 N–H and O–H groups in total. The van der Waals surface area contributed by atoms with E-state index in [-0.39, 0.29) is 41.5 Å². The molecule has 1 aromatic heterocycles. The van der Waals surface area contributed by atoms with Crippen molar-refractivity contribution in [2.45, 2.75) is 38.0 Å². The number of ether oxygens (including phenoxy) is 1.